The van der Waals surface area contributed by atoms with Crippen LogP contribution in [0.1, 0.15) is 22.3 Å². The van der Waals surface area contributed by atoms with Crippen LogP contribution in [0.2, 0.25) is 0 Å². The Bertz CT molecular complexity index is 787. The molecule has 0 aliphatic heterocycles. The Morgan fingerprint density at radius 3 is 2.33 bits per heavy atom. The second-order valence-corrected chi connectivity index (χ2v) is 6.50. The van der Waals surface area contributed by atoms with E-state index in [1.54, 1.807) is 36.4 Å². The number of carbonyl (C=O) groups is 2. The van der Waals surface area contributed by atoms with Gasteiger partial charge in [0, 0.05) is 18.5 Å². The molecule has 2 rings (SSSR count). The maximum absolute atomic E-state index is 13.1. The number of nitrogens with one attached hydrogen (secondary N) is 3. The van der Waals surface area contributed by atoms with Gasteiger partial charge in [0.25, 0.3) is 11.8 Å². The number of hydrogen-bond donors (Lipinski definition) is 3. The van der Waals surface area contributed by atoms with E-state index in [2.05, 4.69) is 10.6 Å². The van der Waals surface area contributed by atoms with Crippen LogP contribution in [0.4, 0.5) is 4.39 Å². The van der Waals surface area contributed by atoms with Crippen LogP contribution in [0.5, 0.6) is 0 Å². The van der Waals surface area contributed by atoms with Gasteiger partial charge >= 0.3 is 0 Å². The molecule has 5 nitrogen and oxygen atoms in total. The first-order valence-corrected chi connectivity index (χ1v) is 8.86. The van der Waals surface area contributed by atoms with Crippen molar-refractivity contribution in [2.75, 3.05) is 27.2 Å². The van der Waals surface area contributed by atoms with Gasteiger partial charge in [-0.25, -0.2) is 4.39 Å². The van der Waals surface area contributed by atoms with Crippen LogP contribution in [-0.4, -0.2) is 39.0 Å². The minimum atomic E-state index is -0.378. The van der Waals surface area contributed by atoms with Crippen LogP contribution >= 0.6 is 0 Å². The van der Waals surface area contributed by atoms with Gasteiger partial charge in [0.05, 0.1) is 20.6 Å². The lowest BCUT2D eigenvalue weighted by molar-refractivity contribution is -0.858. The molecule has 0 unspecified atom stereocenters. The fraction of sp³-hybridized carbons (Fsp3) is 0.238. The maximum atomic E-state index is 13.1. The van der Waals surface area contributed by atoms with Crippen LogP contribution in [0, 0.1) is 5.82 Å². The topological polar surface area (TPSA) is 62.6 Å². The zero-order valence-electron chi connectivity index (χ0n) is 15.6. The first-order valence-electron chi connectivity index (χ1n) is 8.86. The number of rotatable bonds is 8. The Labute approximate surface area is 158 Å². The summed E-state index contributed by atoms with van der Waals surface area (Å²) in [4.78, 5) is 26.3. The summed E-state index contributed by atoms with van der Waals surface area (Å²) in [6, 6.07) is 14.4. The van der Waals surface area contributed by atoms with Crippen LogP contribution in [-0.2, 0) is 4.79 Å². The first-order chi connectivity index (χ1) is 13.0. The molecular formula is C21H25FN3O2+. The Kier molecular flexibility index (Phi) is 7.70. The maximum Gasteiger partial charge on any atom is 0.267 e. The van der Waals surface area contributed by atoms with Gasteiger partial charge in [-0.05, 0) is 35.9 Å². The van der Waals surface area contributed by atoms with Crippen LogP contribution in [0.25, 0.3) is 6.08 Å². The van der Waals surface area contributed by atoms with E-state index >= 15 is 0 Å². The van der Waals surface area contributed by atoms with Crippen molar-refractivity contribution in [3.05, 3.63) is 77.2 Å². The highest BCUT2D eigenvalue weighted by Crippen LogP contribution is 2.09. The number of benzene rings is 2. The van der Waals surface area contributed by atoms with Crippen molar-refractivity contribution in [3.63, 3.8) is 0 Å². The molecule has 0 aliphatic rings. The monoisotopic (exact) mass is 370 g/mol. The lowest BCUT2D eigenvalue weighted by Crippen LogP contribution is -3.05. The molecule has 0 aliphatic carbocycles. The van der Waals surface area contributed by atoms with Crippen LogP contribution in [0.15, 0.2) is 60.3 Å². The van der Waals surface area contributed by atoms with Crippen molar-refractivity contribution in [3.8, 4) is 0 Å². The molecule has 0 bridgehead atoms. The highest BCUT2D eigenvalue weighted by molar-refractivity contribution is 6.05. The summed E-state index contributed by atoms with van der Waals surface area (Å²) >= 11 is 0. The van der Waals surface area contributed by atoms with Gasteiger partial charge in [-0.3, -0.25) is 9.59 Å². The SMILES string of the molecule is C[NH+](C)CCCNC(=O)/C(=C/c1ccc(F)cc1)NC(=O)c1ccccc1. The zero-order valence-corrected chi connectivity index (χ0v) is 15.6. The lowest BCUT2D eigenvalue weighted by atomic mass is 10.1. The van der Waals surface area contributed by atoms with Gasteiger partial charge in [0.2, 0.25) is 0 Å². The third-order valence-electron chi connectivity index (χ3n) is 3.85. The summed E-state index contributed by atoms with van der Waals surface area (Å²) in [6.45, 7) is 1.43. The molecule has 0 aromatic heterocycles. The highest BCUT2D eigenvalue weighted by Gasteiger charge is 2.14. The second kappa shape index (κ2) is 10.2. The molecular weight excluding hydrogens is 345 g/mol. The Morgan fingerprint density at radius 1 is 1.04 bits per heavy atom. The summed E-state index contributed by atoms with van der Waals surface area (Å²) in [5, 5.41) is 5.47. The van der Waals surface area contributed by atoms with Crippen molar-refractivity contribution < 1.29 is 18.9 Å². The molecule has 27 heavy (non-hydrogen) atoms. The number of amides is 2. The van der Waals surface area contributed by atoms with Crippen molar-refractivity contribution in [1.29, 1.82) is 0 Å². The van der Waals surface area contributed by atoms with E-state index in [9.17, 15) is 14.0 Å². The van der Waals surface area contributed by atoms with E-state index in [-0.39, 0.29) is 23.3 Å². The fourth-order valence-electron chi connectivity index (χ4n) is 2.41. The largest absolute Gasteiger partial charge is 0.351 e. The summed E-state index contributed by atoms with van der Waals surface area (Å²) in [5.41, 5.74) is 1.19. The molecule has 0 radical (unpaired) electrons. The van der Waals surface area contributed by atoms with Gasteiger partial charge < -0.3 is 15.5 Å². The predicted octanol–water partition coefficient (Wildman–Crippen LogP) is 1.25. The molecule has 0 fully saturated rings. The third kappa shape index (κ3) is 7.03. The lowest BCUT2D eigenvalue weighted by Gasteiger charge is -2.12. The minimum Gasteiger partial charge on any atom is -0.351 e. The quantitative estimate of drug-likeness (QED) is 0.484. The molecule has 3 N–H and O–H groups in total. The molecule has 142 valence electrons. The first kappa shape index (κ1) is 20.3. The van der Waals surface area contributed by atoms with Crippen molar-refractivity contribution in [1.82, 2.24) is 10.6 Å². The molecule has 2 aromatic rings. The van der Waals surface area contributed by atoms with Crippen LogP contribution in [0.3, 0.4) is 0 Å². The molecule has 0 spiro atoms. The number of hydrogen-bond acceptors (Lipinski definition) is 2. The van der Waals surface area contributed by atoms with Gasteiger partial charge in [0.1, 0.15) is 11.5 Å². The van der Waals surface area contributed by atoms with Crippen molar-refractivity contribution in [2.24, 2.45) is 0 Å². The van der Waals surface area contributed by atoms with E-state index in [1.165, 1.54) is 23.1 Å². The Balaban J connectivity index is 2.13. The zero-order chi connectivity index (χ0) is 19.6. The fourth-order valence-corrected chi connectivity index (χ4v) is 2.41. The second-order valence-electron chi connectivity index (χ2n) is 6.50. The van der Waals surface area contributed by atoms with Crippen molar-refractivity contribution >= 4 is 17.9 Å². The molecule has 0 heterocycles. The van der Waals surface area contributed by atoms with E-state index in [4.69, 9.17) is 0 Å². The molecule has 0 saturated heterocycles. The van der Waals surface area contributed by atoms with E-state index < -0.39 is 0 Å². The summed E-state index contributed by atoms with van der Waals surface area (Å²) < 4.78 is 13.1. The molecule has 0 saturated carbocycles. The Morgan fingerprint density at radius 2 is 1.70 bits per heavy atom. The molecule has 0 atom stereocenters. The summed E-state index contributed by atoms with van der Waals surface area (Å²) in [7, 11) is 4.09. The van der Waals surface area contributed by atoms with Crippen molar-refractivity contribution in [2.45, 2.75) is 6.42 Å². The predicted molar refractivity (Wildman–Crippen MR) is 104 cm³/mol. The van der Waals surface area contributed by atoms with E-state index in [0.717, 1.165) is 13.0 Å². The average molecular weight is 370 g/mol. The molecule has 2 aromatic carbocycles. The van der Waals surface area contributed by atoms with Gasteiger partial charge in [-0.1, -0.05) is 30.3 Å². The smallest absolute Gasteiger partial charge is 0.267 e. The van der Waals surface area contributed by atoms with Gasteiger partial charge in [-0.2, -0.15) is 0 Å². The van der Waals surface area contributed by atoms with E-state index in [0.29, 0.717) is 17.7 Å². The normalized spacial score (nSPS) is 11.3. The molecule has 2 amide bonds. The highest BCUT2D eigenvalue weighted by atomic mass is 19.1. The Hall–Kier alpha value is -2.99. The minimum absolute atomic E-state index is 0.118. The van der Waals surface area contributed by atoms with Crippen LogP contribution < -0.4 is 15.5 Å². The number of carbonyl (C=O) groups excluding carboxylic acids is 2. The number of quaternary nitrogens is 1. The van der Waals surface area contributed by atoms with E-state index in [1.807, 2.05) is 20.2 Å². The summed E-state index contributed by atoms with van der Waals surface area (Å²) in [6.07, 6.45) is 2.36. The van der Waals surface area contributed by atoms with Gasteiger partial charge in [0.15, 0.2) is 0 Å². The molecule has 6 heteroatoms. The van der Waals surface area contributed by atoms with Gasteiger partial charge in [-0.15, -0.1) is 0 Å². The average Bonchev–Trinajstić information content (AvgIpc) is 2.66. The number of halogens is 1. The standard InChI is InChI=1S/C21H24FN3O2/c1-25(2)14-6-13-23-21(27)19(15-16-9-11-18(22)12-10-16)24-20(26)17-7-4-3-5-8-17/h3-5,7-12,15H,6,13-14H2,1-2H3,(H,23,27)(H,24,26)/p+1/b19-15-. The summed E-state index contributed by atoms with van der Waals surface area (Å²) in [5.74, 6) is -1.12. The third-order valence-corrected chi connectivity index (χ3v) is 3.85.